The van der Waals surface area contributed by atoms with Crippen LogP contribution in [0.25, 0.3) is 10.9 Å². The average molecular weight is 303 g/mol. The molecule has 1 aliphatic rings. The van der Waals surface area contributed by atoms with Gasteiger partial charge in [0.15, 0.2) is 5.78 Å². The lowest BCUT2D eigenvalue weighted by Gasteiger charge is -2.08. The molecule has 0 saturated heterocycles. The first-order valence-electron chi connectivity index (χ1n) is 7.85. The molecule has 0 bridgehead atoms. The van der Waals surface area contributed by atoms with Crippen LogP contribution in [-0.2, 0) is 13.0 Å². The number of ether oxygens (including phenoxy) is 1. The molecule has 3 aromatic rings. The molecule has 0 spiro atoms. The van der Waals surface area contributed by atoms with Crippen LogP contribution in [0, 0.1) is 5.92 Å². The fourth-order valence-corrected chi connectivity index (χ4v) is 3.09. The molecule has 0 saturated carbocycles. The van der Waals surface area contributed by atoms with E-state index in [4.69, 9.17) is 4.74 Å². The minimum absolute atomic E-state index is 0.0856. The topological polar surface area (TPSA) is 39.2 Å². The second-order valence-electron chi connectivity index (χ2n) is 6.07. The van der Waals surface area contributed by atoms with Gasteiger partial charge in [0, 0.05) is 16.9 Å². The van der Waals surface area contributed by atoms with Gasteiger partial charge in [-0.3, -0.25) is 4.79 Å². The van der Waals surface area contributed by atoms with Crippen molar-refractivity contribution in [2.75, 3.05) is 0 Å². The van der Waals surface area contributed by atoms with Crippen molar-refractivity contribution in [3.63, 3.8) is 0 Å². The highest BCUT2D eigenvalue weighted by Gasteiger charge is 2.27. The number of nitrogens with zero attached hydrogens (tertiary/aromatic N) is 1. The molecule has 3 heteroatoms. The van der Waals surface area contributed by atoms with Crippen LogP contribution in [0.3, 0.4) is 0 Å². The van der Waals surface area contributed by atoms with E-state index in [-0.39, 0.29) is 11.7 Å². The van der Waals surface area contributed by atoms with Gasteiger partial charge in [0.1, 0.15) is 12.4 Å². The molecule has 1 heterocycles. The molecule has 0 radical (unpaired) electrons. The molecule has 1 aromatic heterocycles. The Morgan fingerprint density at radius 2 is 2.00 bits per heavy atom. The molecule has 0 N–H and O–H groups in total. The van der Waals surface area contributed by atoms with Crippen LogP contribution in [0.1, 0.15) is 28.5 Å². The first-order chi connectivity index (χ1) is 11.2. The van der Waals surface area contributed by atoms with Gasteiger partial charge >= 0.3 is 0 Å². The van der Waals surface area contributed by atoms with Gasteiger partial charge in [-0.15, -0.1) is 0 Å². The largest absolute Gasteiger partial charge is 0.487 e. The summed E-state index contributed by atoms with van der Waals surface area (Å²) in [7, 11) is 0. The molecule has 114 valence electrons. The molecule has 23 heavy (non-hydrogen) atoms. The Hall–Kier alpha value is -2.68. The van der Waals surface area contributed by atoms with E-state index in [0.717, 1.165) is 39.9 Å². The quantitative estimate of drug-likeness (QED) is 0.728. The summed E-state index contributed by atoms with van der Waals surface area (Å²) >= 11 is 0. The van der Waals surface area contributed by atoms with Crippen molar-refractivity contribution in [2.45, 2.75) is 20.0 Å². The second kappa shape index (κ2) is 5.51. The van der Waals surface area contributed by atoms with Crippen LogP contribution in [-0.4, -0.2) is 10.8 Å². The van der Waals surface area contributed by atoms with Crippen LogP contribution in [0.4, 0.5) is 0 Å². The maximum atomic E-state index is 12.1. The van der Waals surface area contributed by atoms with Gasteiger partial charge in [0.25, 0.3) is 0 Å². The van der Waals surface area contributed by atoms with E-state index in [2.05, 4.69) is 11.1 Å². The number of ketones is 1. The van der Waals surface area contributed by atoms with Crippen LogP contribution >= 0.6 is 0 Å². The molecular formula is C20H17NO2. The second-order valence-corrected chi connectivity index (χ2v) is 6.07. The Morgan fingerprint density at radius 1 is 1.13 bits per heavy atom. The van der Waals surface area contributed by atoms with E-state index >= 15 is 0 Å². The summed E-state index contributed by atoms with van der Waals surface area (Å²) in [6.07, 6.45) is 0.834. The van der Waals surface area contributed by atoms with E-state index in [0.29, 0.717) is 6.61 Å². The Labute approximate surface area is 134 Å². The number of hydrogen-bond acceptors (Lipinski definition) is 3. The number of rotatable bonds is 3. The lowest BCUT2D eigenvalue weighted by atomic mass is 10.1. The number of para-hydroxylation sites is 1. The first kappa shape index (κ1) is 13.9. The number of fused-ring (bicyclic) bond motifs is 2. The van der Waals surface area contributed by atoms with Crippen LogP contribution in [0.15, 0.2) is 54.6 Å². The lowest BCUT2D eigenvalue weighted by molar-refractivity contribution is 0.0946. The lowest BCUT2D eigenvalue weighted by Crippen LogP contribution is -2.03. The minimum Gasteiger partial charge on any atom is -0.487 e. The summed E-state index contributed by atoms with van der Waals surface area (Å²) in [6.45, 7) is 2.37. The zero-order chi connectivity index (χ0) is 15.8. The number of Topliss-reactive ketones (excluding diaryl/α,β-unsaturated/α-hetero) is 1. The fourth-order valence-electron chi connectivity index (χ4n) is 3.09. The van der Waals surface area contributed by atoms with Gasteiger partial charge in [-0.05, 0) is 36.2 Å². The van der Waals surface area contributed by atoms with Gasteiger partial charge in [0.05, 0.1) is 11.2 Å². The smallest absolute Gasteiger partial charge is 0.166 e. The van der Waals surface area contributed by atoms with Crippen molar-refractivity contribution in [2.24, 2.45) is 5.92 Å². The monoisotopic (exact) mass is 303 g/mol. The van der Waals surface area contributed by atoms with Crippen LogP contribution < -0.4 is 4.74 Å². The third-order valence-corrected chi connectivity index (χ3v) is 4.36. The van der Waals surface area contributed by atoms with E-state index in [1.165, 1.54) is 0 Å². The van der Waals surface area contributed by atoms with Gasteiger partial charge in [-0.2, -0.15) is 0 Å². The highest BCUT2D eigenvalue weighted by Crippen LogP contribution is 2.29. The number of pyridine rings is 1. The van der Waals surface area contributed by atoms with Crippen molar-refractivity contribution in [1.82, 2.24) is 4.98 Å². The summed E-state index contributed by atoms with van der Waals surface area (Å²) in [4.78, 5) is 16.7. The number of hydrogen-bond donors (Lipinski definition) is 0. The Kier molecular flexibility index (Phi) is 3.34. The maximum absolute atomic E-state index is 12.1. The SMILES string of the molecule is CC1Cc2ccc(OCc3ccc4ccccc4n3)cc2C1=O. The van der Waals surface area contributed by atoms with Crippen molar-refractivity contribution in [3.8, 4) is 5.75 Å². The molecule has 4 rings (SSSR count). The highest BCUT2D eigenvalue weighted by molar-refractivity contribution is 6.02. The fraction of sp³-hybridized carbons (Fsp3) is 0.200. The number of benzene rings is 2. The highest BCUT2D eigenvalue weighted by atomic mass is 16.5. The average Bonchev–Trinajstić information content (AvgIpc) is 2.87. The van der Waals surface area contributed by atoms with Gasteiger partial charge in [-0.25, -0.2) is 4.98 Å². The predicted octanol–water partition coefficient (Wildman–Crippen LogP) is 4.19. The summed E-state index contributed by atoms with van der Waals surface area (Å²) in [5.74, 6) is 1.03. The predicted molar refractivity (Wildman–Crippen MR) is 89.7 cm³/mol. The molecule has 1 aliphatic carbocycles. The van der Waals surface area contributed by atoms with Gasteiger partial charge in [0.2, 0.25) is 0 Å². The summed E-state index contributed by atoms with van der Waals surface area (Å²) in [5, 5.41) is 1.12. The van der Waals surface area contributed by atoms with E-state index in [9.17, 15) is 4.79 Å². The minimum atomic E-state index is 0.0856. The Morgan fingerprint density at radius 3 is 2.91 bits per heavy atom. The molecule has 0 aliphatic heterocycles. The Balaban J connectivity index is 1.53. The number of carbonyl (C=O) groups is 1. The summed E-state index contributed by atoms with van der Waals surface area (Å²) < 4.78 is 5.84. The van der Waals surface area contributed by atoms with Crippen molar-refractivity contribution >= 4 is 16.7 Å². The summed E-state index contributed by atoms with van der Waals surface area (Å²) in [5.41, 5.74) is 3.77. The molecule has 1 atom stereocenters. The molecular weight excluding hydrogens is 286 g/mol. The van der Waals surface area contributed by atoms with E-state index < -0.39 is 0 Å². The molecule has 3 nitrogen and oxygen atoms in total. The maximum Gasteiger partial charge on any atom is 0.166 e. The van der Waals surface area contributed by atoms with Crippen molar-refractivity contribution in [3.05, 3.63) is 71.4 Å². The number of carbonyl (C=O) groups excluding carboxylic acids is 1. The molecule has 2 aromatic carbocycles. The van der Waals surface area contributed by atoms with Crippen LogP contribution in [0.5, 0.6) is 5.75 Å². The third kappa shape index (κ3) is 2.59. The van der Waals surface area contributed by atoms with E-state index in [1.807, 2.05) is 55.5 Å². The Bertz CT molecular complexity index is 901. The number of aromatic nitrogens is 1. The van der Waals surface area contributed by atoms with Crippen LogP contribution in [0.2, 0.25) is 0 Å². The molecule has 0 fully saturated rings. The first-order valence-corrected chi connectivity index (χ1v) is 7.85. The molecule has 0 amide bonds. The van der Waals surface area contributed by atoms with Gasteiger partial charge in [-0.1, -0.05) is 37.3 Å². The standard InChI is InChI=1S/C20H17NO2/c1-13-10-15-7-9-17(11-18(15)20(13)22)23-12-16-8-6-14-4-2-3-5-19(14)21-16/h2-9,11,13H,10,12H2,1H3. The normalized spacial score (nSPS) is 16.6. The third-order valence-electron chi connectivity index (χ3n) is 4.36. The van der Waals surface area contributed by atoms with Crippen molar-refractivity contribution in [1.29, 1.82) is 0 Å². The zero-order valence-electron chi connectivity index (χ0n) is 13.0. The van der Waals surface area contributed by atoms with Gasteiger partial charge < -0.3 is 4.74 Å². The zero-order valence-corrected chi connectivity index (χ0v) is 13.0. The summed E-state index contributed by atoms with van der Waals surface area (Å²) in [6, 6.07) is 17.8. The van der Waals surface area contributed by atoms with E-state index in [1.54, 1.807) is 0 Å². The van der Waals surface area contributed by atoms with Crippen molar-refractivity contribution < 1.29 is 9.53 Å². The molecule has 1 unspecified atom stereocenters.